The van der Waals surface area contributed by atoms with E-state index >= 15 is 0 Å². The molecule has 0 unspecified atom stereocenters. The lowest BCUT2D eigenvalue weighted by molar-refractivity contribution is 0.100. The lowest BCUT2D eigenvalue weighted by Gasteiger charge is -2.31. The summed E-state index contributed by atoms with van der Waals surface area (Å²) in [5, 5.41) is 5.35. The summed E-state index contributed by atoms with van der Waals surface area (Å²) in [4.78, 5) is 2.41. The van der Waals surface area contributed by atoms with Crippen LogP contribution in [0.3, 0.4) is 0 Å². The molecule has 1 atom stereocenters. The Kier molecular flexibility index (Phi) is 5.76. The second kappa shape index (κ2) is 8.01. The van der Waals surface area contributed by atoms with Gasteiger partial charge >= 0.3 is 0 Å². The summed E-state index contributed by atoms with van der Waals surface area (Å²) in [6.07, 6.45) is 2.11. The Morgan fingerprint density at radius 3 is 2.83 bits per heavy atom. The van der Waals surface area contributed by atoms with Gasteiger partial charge in [0.15, 0.2) is 0 Å². The second-order valence-electron chi connectivity index (χ2n) is 6.11. The third-order valence-electron chi connectivity index (χ3n) is 4.21. The predicted molar refractivity (Wildman–Crippen MR) is 94.7 cm³/mol. The summed E-state index contributed by atoms with van der Waals surface area (Å²) < 4.78 is 13.4. The Labute approximate surface area is 148 Å². The van der Waals surface area contributed by atoms with Crippen molar-refractivity contribution in [1.29, 1.82) is 0 Å². The van der Waals surface area contributed by atoms with E-state index in [0.717, 1.165) is 43.6 Å². The van der Waals surface area contributed by atoms with Crippen LogP contribution in [0.1, 0.15) is 24.1 Å². The average Bonchev–Trinajstić information content (AvgIpc) is 2.95. The monoisotopic (exact) mass is 349 g/mol. The first-order valence-corrected chi connectivity index (χ1v) is 8.74. The van der Waals surface area contributed by atoms with Crippen molar-refractivity contribution < 1.29 is 9.47 Å². The molecule has 0 fully saturated rings. The Morgan fingerprint density at radius 2 is 2.08 bits per heavy atom. The number of aromatic nitrogens is 2. The number of ether oxygens (including phenoxy) is 2. The number of hydrogen-bond acceptors (Lipinski definition) is 4. The minimum atomic E-state index is 0.324. The van der Waals surface area contributed by atoms with E-state index in [9.17, 15) is 0 Å². The standard InChI is InChI=1S/C18H24ClN3O2/c1-3-23-13-15-12-22(11-14-10-21(2)20-18(14)15)8-9-24-17-6-4-16(19)5-7-17/h4-7,10,15H,3,8-9,11-13H2,1-2H3/t15-/m0/s1. The first-order valence-electron chi connectivity index (χ1n) is 8.36. The van der Waals surface area contributed by atoms with Crippen molar-refractivity contribution in [3.05, 3.63) is 46.7 Å². The van der Waals surface area contributed by atoms with Gasteiger partial charge in [-0.05, 0) is 31.2 Å². The molecule has 3 rings (SSSR count). The minimum Gasteiger partial charge on any atom is -0.492 e. The highest BCUT2D eigenvalue weighted by atomic mass is 35.5. The zero-order chi connectivity index (χ0) is 16.9. The molecule has 0 aliphatic carbocycles. The maximum Gasteiger partial charge on any atom is 0.119 e. The van der Waals surface area contributed by atoms with Gasteiger partial charge in [0.2, 0.25) is 0 Å². The molecular formula is C18H24ClN3O2. The van der Waals surface area contributed by atoms with E-state index in [2.05, 4.69) is 16.2 Å². The molecule has 2 heterocycles. The van der Waals surface area contributed by atoms with E-state index < -0.39 is 0 Å². The molecule has 0 saturated heterocycles. The SMILES string of the molecule is CCOC[C@@H]1CN(CCOc2ccc(Cl)cc2)Cc2cn(C)nc21. The molecule has 0 saturated carbocycles. The summed E-state index contributed by atoms with van der Waals surface area (Å²) in [6, 6.07) is 7.49. The van der Waals surface area contributed by atoms with E-state index in [4.69, 9.17) is 21.1 Å². The van der Waals surface area contributed by atoms with Crippen molar-refractivity contribution >= 4 is 11.6 Å². The lowest BCUT2D eigenvalue weighted by Crippen LogP contribution is -2.37. The summed E-state index contributed by atoms with van der Waals surface area (Å²) in [5.41, 5.74) is 2.47. The van der Waals surface area contributed by atoms with Crippen molar-refractivity contribution in [2.45, 2.75) is 19.4 Å². The Morgan fingerprint density at radius 1 is 1.29 bits per heavy atom. The average molecular weight is 350 g/mol. The summed E-state index contributed by atoms with van der Waals surface area (Å²) in [7, 11) is 1.98. The number of rotatable bonds is 7. The fourth-order valence-corrected chi connectivity index (χ4v) is 3.24. The molecule has 1 aliphatic rings. The van der Waals surface area contributed by atoms with Crippen LogP contribution in [0.4, 0.5) is 0 Å². The second-order valence-corrected chi connectivity index (χ2v) is 6.54. The molecule has 130 valence electrons. The molecule has 0 amide bonds. The highest BCUT2D eigenvalue weighted by molar-refractivity contribution is 6.30. The van der Waals surface area contributed by atoms with Gasteiger partial charge < -0.3 is 9.47 Å². The smallest absolute Gasteiger partial charge is 0.119 e. The van der Waals surface area contributed by atoms with Crippen LogP contribution in [-0.2, 0) is 18.3 Å². The maximum absolute atomic E-state index is 5.89. The van der Waals surface area contributed by atoms with Crippen LogP contribution in [-0.4, -0.2) is 47.6 Å². The van der Waals surface area contributed by atoms with Gasteiger partial charge in [-0.25, -0.2) is 0 Å². The number of benzene rings is 1. The fraction of sp³-hybridized carbons (Fsp3) is 0.500. The lowest BCUT2D eigenvalue weighted by atomic mass is 9.97. The number of fused-ring (bicyclic) bond motifs is 1. The van der Waals surface area contributed by atoms with Crippen molar-refractivity contribution in [2.75, 3.05) is 32.9 Å². The van der Waals surface area contributed by atoms with E-state index in [1.54, 1.807) is 0 Å². The number of halogens is 1. The summed E-state index contributed by atoms with van der Waals surface area (Å²) in [5.74, 6) is 1.18. The molecule has 1 aromatic carbocycles. The molecule has 0 bridgehead atoms. The molecule has 1 aromatic heterocycles. The zero-order valence-electron chi connectivity index (χ0n) is 14.2. The van der Waals surface area contributed by atoms with Crippen LogP contribution >= 0.6 is 11.6 Å². The Bertz CT molecular complexity index is 657. The third-order valence-corrected chi connectivity index (χ3v) is 4.46. The predicted octanol–water partition coefficient (Wildman–Crippen LogP) is 3.09. The normalized spacial score (nSPS) is 17.7. The highest BCUT2D eigenvalue weighted by Crippen LogP contribution is 2.27. The molecule has 0 radical (unpaired) electrons. The molecule has 5 nitrogen and oxygen atoms in total. The topological polar surface area (TPSA) is 39.5 Å². The zero-order valence-corrected chi connectivity index (χ0v) is 15.0. The van der Waals surface area contributed by atoms with Crippen LogP contribution in [0, 0.1) is 0 Å². The van der Waals surface area contributed by atoms with Gasteiger partial charge in [0.1, 0.15) is 12.4 Å². The van der Waals surface area contributed by atoms with Crippen molar-refractivity contribution in [3.63, 3.8) is 0 Å². The van der Waals surface area contributed by atoms with Crippen LogP contribution in [0.5, 0.6) is 5.75 Å². The van der Waals surface area contributed by atoms with Crippen LogP contribution in [0.2, 0.25) is 5.02 Å². The number of aryl methyl sites for hydroxylation is 1. The molecule has 2 aromatic rings. The first-order chi connectivity index (χ1) is 11.7. The summed E-state index contributed by atoms with van der Waals surface area (Å²) in [6.45, 7) is 6.87. The van der Waals surface area contributed by atoms with Gasteiger partial charge in [0, 0.05) is 56.0 Å². The molecule has 0 N–H and O–H groups in total. The molecule has 6 heteroatoms. The van der Waals surface area contributed by atoms with E-state index in [1.165, 1.54) is 11.3 Å². The van der Waals surface area contributed by atoms with Crippen LogP contribution in [0.25, 0.3) is 0 Å². The number of hydrogen-bond donors (Lipinski definition) is 0. The Balaban J connectivity index is 1.57. The molecule has 24 heavy (non-hydrogen) atoms. The summed E-state index contributed by atoms with van der Waals surface area (Å²) >= 11 is 5.89. The number of nitrogens with zero attached hydrogens (tertiary/aromatic N) is 3. The maximum atomic E-state index is 5.89. The molecule has 0 spiro atoms. The van der Waals surface area contributed by atoms with E-state index in [0.29, 0.717) is 12.5 Å². The van der Waals surface area contributed by atoms with Crippen LogP contribution in [0.15, 0.2) is 30.5 Å². The van der Waals surface area contributed by atoms with Gasteiger partial charge in [-0.1, -0.05) is 11.6 Å². The van der Waals surface area contributed by atoms with Crippen molar-refractivity contribution in [1.82, 2.24) is 14.7 Å². The van der Waals surface area contributed by atoms with Gasteiger partial charge in [0.25, 0.3) is 0 Å². The quantitative estimate of drug-likeness (QED) is 0.770. The molecule has 1 aliphatic heterocycles. The van der Waals surface area contributed by atoms with Gasteiger partial charge in [-0.15, -0.1) is 0 Å². The third kappa shape index (κ3) is 4.29. The van der Waals surface area contributed by atoms with Gasteiger partial charge in [0.05, 0.1) is 12.3 Å². The Hall–Kier alpha value is -1.56. The first kappa shape index (κ1) is 17.3. The van der Waals surface area contributed by atoms with Crippen LogP contribution < -0.4 is 4.74 Å². The highest BCUT2D eigenvalue weighted by Gasteiger charge is 2.28. The van der Waals surface area contributed by atoms with E-state index in [1.807, 2.05) is 42.9 Å². The van der Waals surface area contributed by atoms with Crippen molar-refractivity contribution in [3.8, 4) is 5.75 Å². The van der Waals surface area contributed by atoms with Crippen molar-refractivity contribution in [2.24, 2.45) is 7.05 Å². The minimum absolute atomic E-state index is 0.324. The van der Waals surface area contributed by atoms with Gasteiger partial charge in [-0.2, -0.15) is 5.10 Å². The van der Waals surface area contributed by atoms with E-state index in [-0.39, 0.29) is 0 Å². The molecular weight excluding hydrogens is 326 g/mol. The largest absolute Gasteiger partial charge is 0.492 e. The van der Waals surface area contributed by atoms with Gasteiger partial charge in [-0.3, -0.25) is 9.58 Å². The fourth-order valence-electron chi connectivity index (χ4n) is 3.11.